The van der Waals surface area contributed by atoms with Crippen molar-refractivity contribution in [3.05, 3.63) is 29.8 Å². The van der Waals surface area contributed by atoms with Gasteiger partial charge in [0.25, 0.3) is 0 Å². The lowest BCUT2D eigenvalue weighted by atomic mass is 10.0. The Morgan fingerprint density at radius 2 is 1.89 bits per heavy atom. The Bertz CT molecular complexity index is 535. The Labute approximate surface area is 115 Å². The minimum Gasteiger partial charge on any atom is -0.309 e. The fourth-order valence-electron chi connectivity index (χ4n) is 2.48. The van der Waals surface area contributed by atoms with Gasteiger partial charge in [-0.05, 0) is 31.5 Å². The molecular weight excluding hydrogens is 260 g/mol. The smallest absolute Gasteiger partial charge is 0.175 e. The first-order valence-corrected chi connectivity index (χ1v) is 8.42. The lowest BCUT2D eigenvalue weighted by Crippen LogP contribution is -2.56. The molecule has 106 valence electrons. The zero-order valence-electron chi connectivity index (χ0n) is 11.8. The van der Waals surface area contributed by atoms with Gasteiger partial charge in [0.2, 0.25) is 0 Å². The van der Waals surface area contributed by atoms with Crippen molar-refractivity contribution in [2.75, 3.05) is 25.9 Å². The first-order chi connectivity index (χ1) is 8.76. The van der Waals surface area contributed by atoms with Gasteiger partial charge in [0.05, 0.1) is 4.90 Å². The number of sulfone groups is 1. The van der Waals surface area contributed by atoms with Crippen LogP contribution in [0.4, 0.5) is 0 Å². The maximum atomic E-state index is 11.4. The van der Waals surface area contributed by atoms with Gasteiger partial charge in [-0.1, -0.05) is 12.1 Å². The van der Waals surface area contributed by atoms with Gasteiger partial charge in [0.15, 0.2) is 9.84 Å². The molecule has 0 spiro atoms. The molecule has 0 amide bonds. The molecule has 0 aliphatic carbocycles. The van der Waals surface area contributed by atoms with Crippen molar-refractivity contribution in [3.63, 3.8) is 0 Å². The monoisotopic (exact) mass is 282 g/mol. The summed E-state index contributed by atoms with van der Waals surface area (Å²) in [5, 5.41) is 3.48. The van der Waals surface area contributed by atoms with Crippen LogP contribution in [0.25, 0.3) is 0 Å². The number of hydrogen-bond acceptors (Lipinski definition) is 4. The van der Waals surface area contributed by atoms with Gasteiger partial charge in [0, 0.05) is 38.0 Å². The number of benzene rings is 1. The Morgan fingerprint density at radius 1 is 1.26 bits per heavy atom. The minimum atomic E-state index is -3.09. The molecule has 0 aromatic heterocycles. The van der Waals surface area contributed by atoms with E-state index >= 15 is 0 Å². The van der Waals surface area contributed by atoms with Gasteiger partial charge in [-0.3, -0.25) is 4.90 Å². The lowest BCUT2D eigenvalue weighted by molar-refractivity contribution is 0.148. The maximum Gasteiger partial charge on any atom is 0.175 e. The highest BCUT2D eigenvalue weighted by Crippen LogP contribution is 2.15. The molecule has 1 heterocycles. The van der Waals surface area contributed by atoms with Crippen molar-refractivity contribution in [2.45, 2.75) is 30.8 Å². The van der Waals surface area contributed by atoms with Gasteiger partial charge < -0.3 is 5.32 Å². The van der Waals surface area contributed by atoms with Gasteiger partial charge >= 0.3 is 0 Å². The van der Waals surface area contributed by atoms with E-state index in [1.807, 2.05) is 12.1 Å². The summed E-state index contributed by atoms with van der Waals surface area (Å²) in [7, 11) is -3.09. The molecule has 4 nitrogen and oxygen atoms in total. The van der Waals surface area contributed by atoms with Gasteiger partial charge in [-0.25, -0.2) is 8.42 Å². The van der Waals surface area contributed by atoms with Crippen LogP contribution in [0.3, 0.4) is 0 Å². The third kappa shape index (κ3) is 4.03. The highest BCUT2D eigenvalue weighted by molar-refractivity contribution is 7.90. The number of nitrogens with zero attached hydrogens (tertiary/aromatic N) is 1. The maximum absolute atomic E-state index is 11.4. The molecule has 19 heavy (non-hydrogen) atoms. The third-order valence-electron chi connectivity index (χ3n) is 3.41. The van der Waals surface area contributed by atoms with Crippen molar-refractivity contribution in [1.29, 1.82) is 0 Å². The highest BCUT2D eigenvalue weighted by atomic mass is 32.2. The van der Waals surface area contributed by atoms with Gasteiger partial charge in [-0.15, -0.1) is 0 Å². The highest BCUT2D eigenvalue weighted by Gasteiger charge is 2.25. The summed E-state index contributed by atoms with van der Waals surface area (Å²) in [4.78, 5) is 2.78. The number of rotatable bonds is 3. The SMILES string of the molecule is CC1(C)CN(Cc2ccc(S(C)(=O)=O)cc2)CCN1. The van der Waals surface area contributed by atoms with E-state index in [9.17, 15) is 8.42 Å². The zero-order valence-corrected chi connectivity index (χ0v) is 12.6. The van der Waals surface area contributed by atoms with E-state index in [1.54, 1.807) is 12.1 Å². The number of hydrogen-bond donors (Lipinski definition) is 1. The fourth-order valence-corrected chi connectivity index (χ4v) is 3.11. The Hall–Kier alpha value is -0.910. The third-order valence-corrected chi connectivity index (χ3v) is 4.54. The molecule has 1 aliphatic heterocycles. The second kappa shape index (κ2) is 5.23. The first kappa shape index (κ1) is 14.5. The Morgan fingerprint density at radius 3 is 2.42 bits per heavy atom. The lowest BCUT2D eigenvalue weighted by Gasteiger charge is -2.39. The van der Waals surface area contributed by atoms with Crippen LogP contribution in [0, 0.1) is 0 Å². The molecule has 1 N–H and O–H groups in total. The fraction of sp³-hybridized carbons (Fsp3) is 0.571. The van der Waals surface area contributed by atoms with Crippen molar-refractivity contribution < 1.29 is 8.42 Å². The summed E-state index contributed by atoms with van der Waals surface area (Å²) in [6, 6.07) is 7.20. The van der Waals surface area contributed by atoms with Crippen LogP contribution in [-0.4, -0.2) is 44.7 Å². The Balaban J connectivity index is 2.04. The standard InChI is InChI=1S/C14H22N2O2S/c1-14(2)11-16(9-8-15-14)10-12-4-6-13(7-5-12)19(3,17)18/h4-7,15H,8-11H2,1-3H3. The van der Waals surface area contributed by atoms with E-state index in [0.717, 1.165) is 31.7 Å². The minimum absolute atomic E-state index is 0.144. The van der Waals surface area contributed by atoms with Crippen LogP contribution in [-0.2, 0) is 16.4 Å². The van der Waals surface area contributed by atoms with Crippen LogP contribution in [0.1, 0.15) is 19.4 Å². The molecule has 1 aromatic carbocycles. The molecule has 1 aromatic rings. The predicted molar refractivity (Wildman–Crippen MR) is 76.9 cm³/mol. The average molecular weight is 282 g/mol. The van der Waals surface area contributed by atoms with E-state index in [1.165, 1.54) is 6.26 Å². The van der Waals surface area contributed by atoms with Crippen LogP contribution in [0.5, 0.6) is 0 Å². The summed E-state index contributed by atoms with van der Waals surface area (Å²) in [6.45, 7) is 8.29. The molecule has 0 unspecified atom stereocenters. The normalized spacial score (nSPS) is 20.4. The predicted octanol–water partition coefficient (Wildman–Crippen LogP) is 1.27. The van der Waals surface area contributed by atoms with Crippen molar-refractivity contribution in [1.82, 2.24) is 10.2 Å². The van der Waals surface area contributed by atoms with Crippen molar-refractivity contribution in [2.24, 2.45) is 0 Å². The topological polar surface area (TPSA) is 49.4 Å². The summed E-state index contributed by atoms with van der Waals surface area (Å²) in [5.41, 5.74) is 1.30. The number of nitrogens with one attached hydrogen (secondary N) is 1. The molecule has 1 saturated heterocycles. The van der Waals surface area contributed by atoms with Crippen molar-refractivity contribution in [3.8, 4) is 0 Å². The molecule has 0 atom stereocenters. The van der Waals surface area contributed by atoms with Gasteiger partial charge in [-0.2, -0.15) is 0 Å². The van der Waals surface area contributed by atoms with E-state index in [2.05, 4.69) is 24.1 Å². The van der Waals surface area contributed by atoms with E-state index < -0.39 is 9.84 Å². The zero-order chi connectivity index (χ0) is 14.1. The van der Waals surface area contributed by atoms with E-state index in [4.69, 9.17) is 0 Å². The summed E-state index contributed by atoms with van der Waals surface area (Å²) < 4.78 is 22.8. The summed E-state index contributed by atoms with van der Waals surface area (Å²) in [5.74, 6) is 0. The second-order valence-electron chi connectivity index (χ2n) is 5.94. The second-order valence-corrected chi connectivity index (χ2v) is 7.95. The van der Waals surface area contributed by atoms with Crippen LogP contribution < -0.4 is 5.32 Å². The van der Waals surface area contributed by atoms with Crippen LogP contribution in [0.2, 0.25) is 0 Å². The molecule has 5 heteroatoms. The molecular formula is C14H22N2O2S. The average Bonchev–Trinajstić information content (AvgIpc) is 2.27. The van der Waals surface area contributed by atoms with Crippen LogP contribution >= 0.6 is 0 Å². The van der Waals surface area contributed by atoms with E-state index in [0.29, 0.717) is 4.90 Å². The van der Waals surface area contributed by atoms with Crippen LogP contribution in [0.15, 0.2) is 29.2 Å². The largest absolute Gasteiger partial charge is 0.309 e. The Kier molecular flexibility index (Phi) is 3.99. The first-order valence-electron chi connectivity index (χ1n) is 6.53. The molecule has 0 radical (unpaired) electrons. The molecule has 1 fully saturated rings. The quantitative estimate of drug-likeness (QED) is 0.907. The van der Waals surface area contributed by atoms with Crippen molar-refractivity contribution >= 4 is 9.84 Å². The summed E-state index contributed by atoms with van der Waals surface area (Å²) in [6.07, 6.45) is 1.24. The molecule has 0 saturated carbocycles. The molecule has 0 bridgehead atoms. The summed E-state index contributed by atoms with van der Waals surface area (Å²) >= 11 is 0. The van der Waals surface area contributed by atoms with Gasteiger partial charge in [0.1, 0.15) is 0 Å². The molecule has 2 rings (SSSR count). The number of piperazine rings is 1. The van der Waals surface area contributed by atoms with E-state index in [-0.39, 0.29) is 5.54 Å². The molecule has 1 aliphatic rings.